The summed E-state index contributed by atoms with van der Waals surface area (Å²) in [6.45, 7) is 3.21. The fraction of sp³-hybridized carbons (Fsp3) is 1.00. The molecule has 1 heterocycles. The smallest absolute Gasteiger partial charge is 0.0644 e. The van der Waals surface area contributed by atoms with E-state index in [1.165, 1.54) is 19.3 Å². The molecule has 0 aromatic heterocycles. The SMILES string of the molecule is C[C@]1(C2CCCCO2)C[C@@H]1N. The summed E-state index contributed by atoms with van der Waals surface area (Å²) in [7, 11) is 0. The van der Waals surface area contributed by atoms with E-state index in [-0.39, 0.29) is 0 Å². The van der Waals surface area contributed by atoms with Crippen molar-refractivity contribution in [1.82, 2.24) is 0 Å². The van der Waals surface area contributed by atoms with Gasteiger partial charge in [0, 0.05) is 18.1 Å². The van der Waals surface area contributed by atoms with E-state index in [0.29, 0.717) is 17.6 Å². The van der Waals surface area contributed by atoms with E-state index in [9.17, 15) is 0 Å². The maximum absolute atomic E-state index is 5.85. The van der Waals surface area contributed by atoms with Crippen LogP contribution >= 0.6 is 0 Å². The molecule has 0 spiro atoms. The second-order valence-electron chi connectivity index (χ2n) is 4.17. The monoisotopic (exact) mass is 155 g/mol. The fourth-order valence-electron chi connectivity index (χ4n) is 2.05. The van der Waals surface area contributed by atoms with E-state index in [0.717, 1.165) is 13.0 Å². The van der Waals surface area contributed by atoms with E-state index < -0.39 is 0 Å². The van der Waals surface area contributed by atoms with Gasteiger partial charge in [-0.1, -0.05) is 6.92 Å². The molecule has 0 aromatic rings. The lowest BCUT2D eigenvalue weighted by atomic mass is 9.94. The van der Waals surface area contributed by atoms with Crippen molar-refractivity contribution in [2.45, 2.75) is 44.8 Å². The second kappa shape index (κ2) is 2.46. The zero-order chi connectivity index (χ0) is 7.90. The predicted octanol–water partition coefficient (Wildman–Crippen LogP) is 1.29. The lowest BCUT2D eigenvalue weighted by molar-refractivity contribution is -0.0266. The Labute approximate surface area is 68.1 Å². The van der Waals surface area contributed by atoms with Gasteiger partial charge in [0.15, 0.2) is 0 Å². The van der Waals surface area contributed by atoms with Crippen LogP contribution < -0.4 is 5.73 Å². The third-order valence-corrected chi connectivity index (χ3v) is 3.26. The Hall–Kier alpha value is -0.0800. The minimum atomic E-state index is 0.334. The van der Waals surface area contributed by atoms with Crippen LogP contribution in [0.15, 0.2) is 0 Å². The van der Waals surface area contributed by atoms with Gasteiger partial charge in [0.2, 0.25) is 0 Å². The Bertz CT molecular complexity index is 154. The van der Waals surface area contributed by atoms with Gasteiger partial charge in [-0.3, -0.25) is 0 Å². The van der Waals surface area contributed by atoms with E-state index in [4.69, 9.17) is 10.5 Å². The van der Waals surface area contributed by atoms with Crippen LogP contribution in [0.1, 0.15) is 32.6 Å². The molecule has 1 saturated carbocycles. The number of ether oxygens (including phenoxy) is 1. The molecule has 1 saturated heterocycles. The van der Waals surface area contributed by atoms with Gasteiger partial charge in [0.1, 0.15) is 0 Å². The fourth-order valence-corrected chi connectivity index (χ4v) is 2.05. The molecular formula is C9H17NO. The molecule has 0 amide bonds. The normalized spacial score (nSPS) is 50.7. The molecule has 2 rings (SSSR count). The Morgan fingerprint density at radius 1 is 1.45 bits per heavy atom. The maximum atomic E-state index is 5.85. The van der Waals surface area contributed by atoms with Crippen LogP contribution in [0.2, 0.25) is 0 Å². The minimum Gasteiger partial charge on any atom is -0.378 e. The molecular weight excluding hydrogens is 138 g/mol. The average Bonchev–Trinajstić information content (AvgIpc) is 2.64. The largest absolute Gasteiger partial charge is 0.378 e. The zero-order valence-corrected chi connectivity index (χ0v) is 7.18. The first-order valence-electron chi connectivity index (χ1n) is 4.61. The van der Waals surface area contributed by atoms with Crippen molar-refractivity contribution in [3.05, 3.63) is 0 Å². The van der Waals surface area contributed by atoms with Crippen LogP contribution in [0.5, 0.6) is 0 Å². The highest BCUT2D eigenvalue weighted by Crippen LogP contribution is 2.50. The molecule has 2 nitrogen and oxygen atoms in total. The average molecular weight is 155 g/mol. The van der Waals surface area contributed by atoms with Crippen LogP contribution in [0.3, 0.4) is 0 Å². The van der Waals surface area contributed by atoms with Crippen molar-refractivity contribution in [2.24, 2.45) is 11.1 Å². The Morgan fingerprint density at radius 2 is 2.18 bits per heavy atom. The van der Waals surface area contributed by atoms with Gasteiger partial charge in [-0.15, -0.1) is 0 Å². The lowest BCUT2D eigenvalue weighted by Gasteiger charge is -2.28. The maximum Gasteiger partial charge on any atom is 0.0644 e. The molecule has 3 atom stereocenters. The number of hydrogen-bond acceptors (Lipinski definition) is 2. The molecule has 2 fully saturated rings. The lowest BCUT2D eigenvalue weighted by Crippen LogP contribution is -2.31. The molecule has 2 N–H and O–H groups in total. The molecule has 0 aromatic carbocycles. The van der Waals surface area contributed by atoms with Crippen molar-refractivity contribution in [1.29, 1.82) is 0 Å². The quantitative estimate of drug-likeness (QED) is 0.619. The number of rotatable bonds is 1. The summed E-state index contributed by atoms with van der Waals surface area (Å²) < 4.78 is 5.70. The standard InChI is InChI=1S/C9H17NO/c1-9(6-7(9)10)8-4-2-3-5-11-8/h7-8H,2-6,10H2,1H3/t7-,8?,9-/m0/s1. The molecule has 2 heteroatoms. The summed E-state index contributed by atoms with van der Waals surface area (Å²) in [5.74, 6) is 0. The Balaban J connectivity index is 1.94. The molecule has 0 radical (unpaired) electrons. The first-order chi connectivity index (χ1) is 5.23. The van der Waals surface area contributed by atoms with Crippen LogP contribution in [0.25, 0.3) is 0 Å². The molecule has 1 aliphatic heterocycles. The van der Waals surface area contributed by atoms with Gasteiger partial charge in [-0.25, -0.2) is 0 Å². The highest BCUT2D eigenvalue weighted by Gasteiger charge is 2.53. The Morgan fingerprint density at radius 3 is 2.64 bits per heavy atom. The van der Waals surface area contributed by atoms with Gasteiger partial charge in [-0.2, -0.15) is 0 Å². The second-order valence-corrected chi connectivity index (χ2v) is 4.17. The Kier molecular flexibility index (Phi) is 1.69. The van der Waals surface area contributed by atoms with Crippen LogP contribution in [0, 0.1) is 5.41 Å². The molecule has 11 heavy (non-hydrogen) atoms. The summed E-state index contributed by atoms with van der Waals surface area (Å²) in [6, 6.07) is 0.408. The molecule has 0 bridgehead atoms. The van der Waals surface area contributed by atoms with Gasteiger partial charge in [0.05, 0.1) is 6.10 Å². The topological polar surface area (TPSA) is 35.2 Å². The summed E-state index contributed by atoms with van der Waals surface area (Å²) in [6.07, 6.45) is 5.42. The third kappa shape index (κ3) is 1.18. The molecule has 1 unspecified atom stereocenters. The van der Waals surface area contributed by atoms with Crippen molar-refractivity contribution in [3.8, 4) is 0 Å². The van der Waals surface area contributed by atoms with Gasteiger partial charge in [0.25, 0.3) is 0 Å². The van der Waals surface area contributed by atoms with Gasteiger partial charge >= 0.3 is 0 Å². The van der Waals surface area contributed by atoms with E-state index in [2.05, 4.69) is 6.92 Å². The molecule has 2 aliphatic rings. The van der Waals surface area contributed by atoms with Crippen LogP contribution in [-0.2, 0) is 4.74 Å². The van der Waals surface area contributed by atoms with E-state index in [1.807, 2.05) is 0 Å². The summed E-state index contributed by atoms with van der Waals surface area (Å²) in [5, 5.41) is 0. The van der Waals surface area contributed by atoms with E-state index in [1.54, 1.807) is 0 Å². The van der Waals surface area contributed by atoms with Crippen molar-refractivity contribution < 1.29 is 4.74 Å². The third-order valence-electron chi connectivity index (χ3n) is 3.26. The van der Waals surface area contributed by atoms with E-state index >= 15 is 0 Å². The summed E-state index contributed by atoms with van der Waals surface area (Å²) >= 11 is 0. The van der Waals surface area contributed by atoms with Crippen LogP contribution in [-0.4, -0.2) is 18.8 Å². The van der Waals surface area contributed by atoms with Crippen molar-refractivity contribution in [2.75, 3.05) is 6.61 Å². The van der Waals surface area contributed by atoms with Crippen molar-refractivity contribution >= 4 is 0 Å². The predicted molar refractivity (Wildman–Crippen MR) is 44.3 cm³/mol. The summed E-state index contributed by atoms with van der Waals surface area (Å²) in [4.78, 5) is 0. The zero-order valence-electron chi connectivity index (χ0n) is 7.18. The van der Waals surface area contributed by atoms with Crippen LogP contribution in [0.4, 0.5) is 0 Å². The highest BCUT2D eigenvalue weighted by molar-refractivity contribution is 5.07. The summed E-state index contributed by atoms with van der Waals surface area (Å²) in [5.41, 5.74) is 6.19. The highest BCUT2D eigenvalue weighted by atomic mass is 16.5. The number of hydrogen-bond donors (Lipinski definition) is 1. The van der Waals surface area contributed by atoms with Crippen molar-refractivity contribution in [3.63, 3.8) is 0 Å². The first-order valence-corrected chi connectivity index (χ1v) is 4.61. The number of nitrogens with two attached hydrogens (primary N) is 1. The first kappa shape index (κ1) is 7.56. The van der Waals surface area contributed by atoms with Gasteiger partial charge in [-0.05, 0) is 25.7 Å². The molecule has 1 aliphatic carbocycles. The van der Waals surface area contributed by atoms with Gasteiger partial charge < -0.3 is 10.5 Å². The molecule has 64 valence electrons. The minimum absolute atomic E-state index is 0.334.